The minimum atomic E-state index is -0.326. The number of benzene rings is 1. The number of pyridine rings is 1. The van der Waals surface area contributed by atoms with Crippen molar-refractivity contribution in [2.75, 3.05) is 12.4 Å². The third-order valence-corrected chi connectivity index (χ3v) is 3.44. The van der Waals surface area contributed by atoms with Crippen LogP contribution >= 0.6 is 39.1 Å². The minimum absolute atomic E-state index is 0.165. The molecule has 104 valence electrons. The number of carbonyl (C=O) groups is 1. The van der Waals surface area contributed by atoms with Gasteiger partial charge in [-0.2, -0.15) is 0 Å². The Balaban J connectivity index is 2.21. The largest absolute Gasteiger partial charge is 0.496 e. The van der Waals surface area contributed by atoms with Gasteiger partial charge in [0.15, 0.2) is 0 Å². The molecule has 0 radical (unpaired) electrons. The van der Waals surface area contributed by atoms with Crippen molar-refractivity contribution in [2.45, 2.75) is 0 Å². The Bertz CT molecular complexity index is 645. The molecule has 0 aliphatic rings. The van der Waals surface area contributed by atoms with Gasteiger partial charge in [0.05, 0.1) is 11.6 Å². The summed E-state index contributed by atoms with van der Waals surface area (Å²) in [6.45, 7) is 0. The fourth-order valence-corrected chi connectivity index (χ4v) is 2.54. The number of amides is 1. The average molecular weight is 376 g/mol. The van der Waals surface area contributed by atoms with Gasteiger partial charge in [0.1, 0.15) is 16.1 Å². The molecular formula is C13H9BrCl2N2O2. The number of carbonyl (C=O) groups excluding carboxylic acids is 1. The zero-order valence-electron chi connectivity index (χ0n) is 10.3. The van der Waals surface area contributed by atoms with Crippen LogP contribution in [0.3, 0.4) is 0 Å². The first-order chi connectivity index (χ1) is 9.49. The lowest BCUT2D eigenvalue weighted by Gasteiger charge is -2.08. The van der Waals surface area contributed by atoms with Gasteiger partial charge < -0.3 is 10.1 Å². The minimum Gasteiger partial charge on any atom is -0.496 e. The predicted molar refractivity (Wildman–Crippen MR) is 82.9 cm³/mol. The molecule has 4 nitrogen and oxygen atoms in total. The van der Waals surface area contributed by atoms with Crippen LogP contribution in [0.15, 0.2) is 34.8 Å². The number of hydrogen-bond donors (Lipinski definition) is 1. The van der Waals surface area contributed by atoms with Gasteiger partial charge in [0, 0.05) is 11.3 Å². The van der Waals surface area contributed by atoms with Gasteiger partial charge in [-0.3, -0.25) is 4.79 Å². The van der Waals surface area contributed by atoms with Crippen LogP contribution < -0.4 is 10.1 Å². The lowest BCUT2D eigenvalue weighted by Crippen LogP contribution is -2.12. The Hall–Kier alpha value is -1.30. The van der Waals surface area contributed by atoms with Crippen LogP contribution in [0.25, 0.3) is 0 Å². The van der Waals surface area contributed by atoms with E-state index in [4.69, 9.17) is 27.9 Å². The third kappa shape index (κ3) is 3.62. The number of ether oxygens (including phenoxy) is 1. The smallest absolute Gasteiger partial charge is 0.255 e. The fourth-order valence-electron chi connectivity index (χ4n) is 1.54. The molecule has 0 fully saturated rings. The number of rotatable bonds is 3. The highest BCUT2D eigenvalue weighted by molar-refractivity contribution is 9.10. The van der Waals surface area contributed by atoms with Crippen LogP contribution in [-0.4, -0.2) is 18.0 Å². The second kappa shape index (κ2) is 6.43. The van der Waals surface area contributed by atoms with Crippen molar-refractivity contribution in [1.29, 1.82) is 0 Å². The van der Waals surface area contributed by atoms with E-state index in [0.29, 0.717) is 17.0 Å². The number of aromatic nitrogens is 1. The Morgan fingerprint density at radius 2 is 1.90 bits per heavy atom. The van der Waals surface area contributed by atoms with Crippen LogP contribution in [0.1, 0.15) is 10.4 Å². The molecule has 1 N–H and O–H groups in total. The zero-order valence-corrected chi connectivity index (χ0v) is 13.4. The summed E-state index contributed by atoms with van der Waals surface area (Å²) >= 11 is 14.9. The summed E-state index contributed by atoms with van der Waals surface area (Å²) in [5.74, 6) is 0.353. The third-order valence-electron chi connectivity index (χ3n) is 2.43. The van der Waals surface area contributed by atoms with E-state index >= 15 is 0 Å². The molecule has 0 aliphatic heterocycles. The highest BCUT2D eigenvalue weighted by atomic mass is 79.9. The topological polar surface area (TPSA) is 51.2 Å². The molecule has 2 aromatic rings. The zero-order chi connectivity index (χ0) is 14.7. The van der Waals surface area contributed by atoms with Gasteiger partial charge in [-0.1, -0.05) is 23.2 Å². The summed E-state index contributed by atoms with van der Waals surface area (Å²) in [4.78, 5) is 15.9. The number of nitrogens with one attached hydrogen (secondary N) is 1. The maximum absolute atomic E-state index is 12.1. The van der Waals surface area contributed by atoms with Gasteiger partial charge in [-0.15, -0.1) is 0 Å². The molecule has 0 aliphatic carbocycles. The van der Waals surface area contributed by atoms with Crippen molar-refractivity contribution in [2.24, 2.45) is 0 Å². The first-order valence-electron chi connectivity index (χ1n) is 5.47. The molecule has 0 spiro atoms. The second-order valence-corrected chi connectivity index (χ2v) is 5.43. The predicted octanol–water partition coefficient (Wildman–Crippen LogP) is 4.41. The van der Waals surface area contributed by atoms with Crippen molar-refractivity contribution in [3.05, 3.63) is 50.7 Å². The lowest BCUT2D eigenvalue weighted by atomic mass is 10.2. The van der Waals surface area contributed by atoms with Crippen LogP contribution in [0.4, 0.5) is 5.69 Å². The van der Waals surface area contributed by atoms with Crippen LogP contribution in [0, 0.1) is 0 Å². The number of methoxy groups -OCH3 is 1. The molecule has 2 rings (SSSR count). The maximum Gasteiger partial charge on any atom is 0.255 e. The Morgan fingerprint density at radius 1 is 1.25 bits per heavy atom. The maximum atomic E-state index is 12.1. The van der Waals surface area contributed by atoms with E-state index < -0.39 is 0 Å². The first kappa shape index (κ1) is 15.1. The van der Waals surface area contributed by atoms with Crippen LogP contribution in [0.2, 0.25) is 10.3 Å². The molecule has 1 aromatic heterocycles. The van der Waals surface area contributed by atoms with E-state index in [-0.39, 0.29) is 16.2 Å². The molecule has 0 unspecified atom stereocenters. The van der Waals surface area contributed by atoms with Gasteiger partial charge in [0.2, 0.25) is 0 Å². The van der Waals surface area contributed by atoms with E-state index in [1.807, 2.05) is 0 Å². The molecule has 7 heteroatoms. The van der Waals surface area contributed by atoms with Crippen molar-refractivity contribution in [3.63, 3.8) is 0 Å². The van der Waals surface area contributed by atoms with Crippen molar-refractivity contribution in [1.82, 2.24) is 4.98 Å². The summed E-state index contributed by atoms with van der Waals surface area (Å²) in [7, 11) is 1.57. The average Bonchev–Trinajstić information content (AvgIpc) is 2.37. The molecule has 0 atom stereocenters. The van der Waals surface area contributed by atoms with Gasteiger partial charge in [0.25, 0.3) is 5.91 Å². The SMILES string of the molecule is COc1ccc(NC(=O)c2cc(Cl)nc(Cl)c2)cc1Br. The van der Waals surface area contributed by atoms with Gasteiger partial charge in [-0.05, 0) is 46.3 Å². The summed E-state index contributed by atoms with van der Waals surface area (Å²) in [5, 5.41) is 3.07. The van der Waals surface area contributed by atoms with Gasteiger partial charge >= 0.3 is 0 Å². The molecule has 1 aromatic carbocycles. The van der Waals surface area contributed by atoms with E-state index in [1.165, 1.54) is 12.1 Å². The highest BCUT2D eigenvalue weighted by Crippen LogP contribution is 2.28. The Kier molecular flexibility index (Phi) is 4.86. The highest BCUT2D eigenvalue weighted by Gasteiger charge is 2.10. The van der Waals surface area contributed by atoms with Crippen molar-refractivity contribution in [3.8, 4) is 5.75 Å². The second-order valence-electron chi connectivity index (χ2n) is 3.80. The summed E-state index contributed by atoms with van der Waals surface area (Å²) < 4.78 is 5.86. The molecule has 0 saturated heterocycles. The van der Waals surface area contributed by atoms with E-state index in [0.717, 1.165) is 4.47 Å². The molecule has 0 saturated carbocycles. The van der Waals surface area contributed by atoms with Crippen LogP contribution in [0.5, 0.6) is 5.75 Å². The molecule has 20 heavy (non-hydrogen) atoms. The summed E-state index contributed by atoms with van der Waals surface area (Å²) in [6.07, 6.45) is 0. The molecule has 1 heterocycles. The van der Waals surface area contributed by atoms with Crippen molar-refractivity contribution < 1.29 is 9.53 Å². The fraction of sp³-hybridized carbons (Fsp3) is 0.0769. The van der Waals surface area contributed by atoms with E-state index in [1.54, 1.807) is 25.3 Å². The number of nitrogens with zero attached hydrogens (tertiary/aromatic N) is 1. The van der Waals surface area contributed by atoms with Crippen molar-refractivity contribution >= 4 is 50.7 Å². The Morgan fingerprint density at radius 3 is 2.45 bits per heavy atom. The van der Waals surface area contributed by atoms with Crippen LogP contribution in [-0.2, 0) is 0 Å². The van der Waals surface area contributed by atoms with Gasteiger partial charge in [-0.25, -0.2) is 4.98 Å². The normalized spacial score (nSPS) is 10.2. The number of hydrogen-bond acceptors (Lipinski definition) is 3. The Labute approximate surface area is 134 Å². The lowest BCUT2D eigenvalue weighted by molar-refractivity contribution is 0.102. The standard InChI is InChI=1S/C13H9BrCl2N2O2/c1-20-10-3-2-8(6-9(10)14)17-13(19)7-4-11(15)18-12(16)5-7/h2-6H,1H3,(H,17,19). The quantitative estimate of drug-likeness (QED) is 0.808. The monoisotopic (exact) mass is 374 g/mol. The number of anilines is 1. The summed E-state index contributed by atoms with van der Waals surface area (Å²) in [6, 6.07) is 8.10. The van der Waals surface area contributed by atoms with E-state index in [9.17, 15) is 4.79 Å². The molecule has 1 amide bonds. The summed E-state index contributed by atoms with van der Waals surface area (Å²) in [5.41, 5.74) is 0.952. The molecule has 0 bridgehead atoms. The first-order valence-corrected chi connectivity index (χ1v) is 7.02. The molecular weight excluding hydrogens is 367 g/mol. The number of halogens is 3. The van der Waals surface area contributed by atoms with E-state index in [2.05, 4.69) is 26.2 Å².